The summed E-state index contributed by atoms with van der Waals surface area (Å²) >= 11 is 1.46. The van der Waals surface area contributed by atoms with Crippen LogP contribution in [-0.2, 0) is 0 Å². The minimum Gasteiger partial charge on any atom is -0.497 e. The highest BCUT2D eigenvalue weighted by Crippen LogP contribution is 2.28. The van der Waals surface area contributed by atoms with Crippen molar-refractivity contribution in [3.63, 3.8) is 0 Å². The molecule has 0 aliphatic heterocycles. The van der Waals surface area contributed by atoms with Gasteiger partial charge in [-0.15, -0.1) is 11.3 Å². The van der Waals surface area contributed by atoms with E-state index in [1.807, 2.05) is 66.9 Å². The standard InChI is InChI=1S/C21H18N2O2S/c1-3-25-19-8-4-15(5-9-19)12-17(13-22)21-23-20(14-26-21)16-6-10-18(24-2)11-7-16/h4-12,14H,3H2,1-2H3. The van der Waals surface area contributed by atoms with E-state index in [0.717, 1.165) is 28.3 Å². The summed E-state index contributed by atoms with van der Waals surface area (Å²) in [6.45, 7) is 2.58. The maximum absolute atomic E-state index is 9.53. The van der Waals surface area contributed by atoms with E-state index in [1.165, 1.54) is 11.3 Å². The monoisotopic (exact) mass is 362 g/mol. The molecule has 0 radical (unpaired) electrons. The number of ether oxygens (including phenoxy) is 2. The Morgan fingerprint density at radius 3 is 2.42 bits per heavy atom. The number of benzene rings is 2. The van der Waals surface area contributed by atoms with Gasteiger partial charge in [-0.1, -0.05) is 12.1 Å². The van der Waals surface area contributed by atoms with Crippen LogP contribution in [0.25, 0.3) is 22.9 Å². The summed E-state index contributed by atoms with van der Waals surface area (Å²) < 4.78 is 10.6. The second-order valence-electron chi connectivity index (χ2n) is 5.44. The van der Waals surface area contributed by atoms with Crippen molar-refractivity contribution in [1.29, 1.82) is 5.26 Å². The lowest BCUT2D eigenvalue weighted by Gasteiger charge is -2.02. The maximum atomic E-state index is 9.53. The first kappa shape index (κ1) is 17.7. The highest BCUT2D eigenvalue weighted by atomic mass is 32.1. The Morgan fingerprint density at radius 2 is 1.81 bits per heavy atom. The van der Waals surface area contributed by atoms with Crippen LogP contribution < -0.4 is 9.47 Å². The van der Waals surface area contributed by atoms with Gasteiger partial charge in [0.15, 0.2) is 0 Å². The van der Waals surface area contributed by atoms with Gasteiger partial charge in [0, 0.05) is 10.9 Å². The summed E-state index contributed by atoms with van der Waals surface area (Å²) in [4.78, 5) is 4.61. The van der Waals surface area contributed by atoms with E-state index in [2.05, 4.69) is 11.1 Å². The Hall–Kier alpha value is -3.10. The van der Waals surface area contributed by atoms with Crippen LogP contribution in [0.1, 0.15) is 17.5 Å². The van der Waals surface area contributed by atoms with Gasteiger partial charge in [0.25, 0.3) is 0 Å². The molecule has 5 heteroatoms. The van der Waals surface area contributed by atoms with Gasteiger partial charge in [-0.05, 0) is 55.0 Å². The minimum absolute atomic E-state index is 0.541. The molecule has 1 heterocycles. The minimum atomic E-state index is 0.541. The number of allylic oxidation sites excluding steroid dienone is 1. The van der Waals surface area contributed by atoms with Crippen molar-refractivity contribution in [2.45, 2.75) is 6.92 Å². The zero-order valence-electron chi connectivity index (χ0n) is 14.6. The molecule has 2 aromatic carbocycles. The molecule has 3 aromatic rings. The molecule has 0 saturated heterocycles. The first-order chi connectivity index (χ1) is 12.7. The Labute approximate surface area is 157 Å². The third-order valence-corrected chi connectivity index (χ3v) is 4.62. The van der Waals surface area contributed by atoms with Gasteiger partial charge in [-0.3, -0.25) is 0 Å². The molecule has 0 amide bonds. The fourth-order valence-corrected chi connectivity index (χ4v) is 3.22. The highest BCUT2D eigenvalue weighted by Gasteiger charge is 2.09. The summed E-state index contributed by atoms with van der Waals surface area (Å²) in [7, 11) is 1.64. The van der Waals surface area contributed by atoms with Gasteiger partial charge in [0.1, 0.15) is 22.6 Å². The summed E-state index contributed by atoms with van der Waals surface area (Å²) in [5, 5.41) is 12.2. The number of rotatable bonds is 6. The van der Waals surface area contributed by atoms with Gasteiger partial charge in [0.05, 0.1) is 25.0 Å². The maximum Gasteiger partial charge on any atom is 0.134 e. The lowest BCUT2D eigenvalue weighted by molar-refractivity contribution is 0.340. The molecule has 4 nitrogen and oxygen atoms in total. The van der Waals surface area contributed by atoms with Crippen LogP contribution >= 0.6 is 11.3 Å². The van der Waals surface area contributed by atoms with E-state index in [1.54, 1.807) is 7.11 Å². The van der Waals surface area contributed by atoms with Crippen LogP contribution in [0, 0.1) is 11.3 Å². The van der Waals surface area contributed by atoms with Crippen LogP contribution in [-0.4, -0.2) is 18.7 Å². The Balaban J connectivity index is 1.84. The van der Waals surface area contributed by atoms with Crippen LogP contribution in [0.3, 0.4) is 0 Å². The fourth-order valence-electron chi connectivity index (χ4n) is 2.43. The van der Waals surface area contributed by atoms with Gasteiger partial charge in [-0.25, -0.2) is 4.98 Å². The Kier molecular flexibility index (Phi) is 5.67. The van der Waals surface area contributed by atoms with Gasteiger partial charge in [0.2, 0.25) is 0 Å². The molecule has 0 saturated carbocycles. The van der Waals surface area contributed by atoms with Crippen molar-refractivity contribution in [3.8, 4) is 28.8 Å². The quantitative estimate of drug-likeness (QED) is 0.560. The zero-order chi connectivity index (χ0) is 18.4. The van der Waals surface area contributed by atoms with Crippen molar-refractivity contribution in [3.05, 3.63) is 64.5 Å². The molecule has 0 bridgehead atoms. The topological polar surface area (TPSA) is 55.1 Å². The number of nitrogens with zero attached hydrogens (tertiary/aromatic N) is 2. The molecule has 0 atom stereocenters. The van der Waals surface area contributed by atoms with Crippen molar-refractivity contribution in [2.24, 2.45) is 0 Å². The molecule has 26 heavy (non-hydrogen) atoms. The van der Waals surface area contributed by atoms with E-state index in [9.17, 15) is 5.26 Å². The number of thiazole rings is 1. The third-order valence-electron chi connectivity index (χ3n) is 3.74. The van der Waals surface area contributed by atoms with Crippen molar-refractivity contribution < 1.29 is 9.47 Å². The van der Waals surface area contributed by atoms with Gasteiger partial charge in [-0.2, -0.15) is 5.26 Å². The predicted octanol–water partition coefficient (Wildman–Crippen LogP) is 5.28. The van der Waals surface area contributed by atoms with Crippen LogP contribution in [0.2, 0.25) is 0 Å². The lowest BCUT2D eigenvalue weighted by atomic mass is 10.1. The third kappa shape index (κ3) is 4.11. The number of hydrogen-bond acceptors (Lipinski definition) is 5. The lowest BCUT2D eigenvalue weighted by Crippen LogP contribution is -1.90. The molecular formula is C21H18N2O2S. The average molecular weight is 362 g/mol. The first-order valence-corrected chi connectivity index (χ1v) is 9.06. The largest absolute Gasteiger partial charge is 0.497 e. The molecule has 0 fully saturated rings. The van der Waals surface area contributed by atoms with E-state index in [4.69, 9.17) is 9.47 Å². The Bertz CT molecular complexity index is 935. The molecule has 1 aromatic heterocycles. The van der Waals surface area contributed by atoms with Gasteiger partial charge >= 0.3 is 0 Å². The van der Waals surface area contributed by atoms with Crippen LogP contribution in [0.4, 0.5) is 0 Å². The summed E-state index contributed by atoms with van der Waals surface area (Å²) in [5.41, 5.74) is 3.32. The molecule has 0 aliphatic carbocycles. The normalized spacial score (nSPS) is 11.0. The molecule has 0 aliphatic rings. The van der Waals surface area contributed by atoms with Crippen LogP contribution in [0.5, 0.6) is 11.5 Å². The van der Waals surface area contributed by atoms with Crippen molar-refractivity contribution in [2.75, 3.05) is 13.7 Å². The predicted molar refractivity (Wildman–Crippen MR) is 105 cm³/mol. The van der Waals surface area contributed by atoms with Gasteiger partial charge < -0.3 is 9.47 Å². The van der Waals surface area contributed by atoms with Crippen LogP contribution in [0.15, 0.2) is 53.9 Å². The highest BCUT2D eigenvalue weighted by molar-refractivity contribution is 7.11. The Morgan fingerprint density at radius 1 is 1.12 bits per heavy atom. The fraction of sp³-hybridized carbons (Fsp3) is 0.143. The summed E-state index contributed by atoms with van der Waals surface area (Å²) in [6.07, 6.45) is 1.84. The van der Waals surface area contributed by atoms with E-state index >= 15 is 0 Å². The average Bonchev–Trinajstić information content (AvgIpc) is 3.17. The van der Waals surface area contributed by atoms with Crippen molar-refractivity contribution in [1.82, 2.24) is 4.98 Å². The number of methoxy groups -OCH3 is 1. The molecule has 0 N–H and O–H groups in total. The van der Waals surface area contributed by atoms with E-state index in [-0.39, 0.29) is 0 Å². The SMILES string of the molecule is CCOc1ccc(C=C(C#N)c2nc(-c3ccc(OC)cc3)cs2)cc1. The number of nitriles is 1. The smallest absolute Gasteiger partial charge is 0.134 e. The van der Waals surface area contributed by atoms with E-state index in [0.29, 0.717) is 17.2 Å². The molecule has 130 valence electrons. The second kappa shape index (κ2) is 8.32. The molecule has 3 rings (SSSR count). The first-order valence-electron chi connectivity index (χ1n) is 8.18. The number of aromatic nitrogens is 1. The van der Waals surface area contributed by atoms with E-state index < -0.39 is 0 Å². The summed E-state index contributed by atoms with van der Waals surface area (Å²) in [6, 6.07) is 17.6. The summed E-state index contributed by atoms with van der Waals surface area (Å²) in [5.74, 6) is 1.62. The number of hydrogen-bond donors (Lipinski definition) is 0. The molecule has 0 unspecified atom stereocenters. The second-order valence-corrected chi connectivity index (χ2v) is 6.30. The molecular weight excluding hydrogens is 344 g/mol. The molecule has 0 spiro atoms. The van der Waals surface area contributed by atoms with Crippen molar-refractivity contribution >= 4 is 23.0 Å². The zero-order valence-corrected chi connectivity index (χ0v) is 15.4.